The first-order valence-electron chi connectivity index (χ1n) is 4.43. The molecule has 2 heteroatoms. The van der Waals surface area contributed by atoms with Crippen molar-refractivity contribution in [3.63, 3.8) is 0 Å². The van der Waals surface area contributed by atoms with Crippen LogP contribution in [0.25, 0.3) is 0 Å². The van der Waals surface area contributed by atoms with Gasteiger partial charge in [-0.3, -0.25) is 0 Å². The van der Waals surface area contributed by atoms with E-state index in [0.717, 1.165) is 32.5 Å². The van der Waals surface area contributed by atoms with Gasteiger partial charge in [0.25, 0.3) is 0 Å². The number of rotatable bonds is 8. The standard InChI is InChI=1S/C9H20N2/c1-2-3-5-8-11-9-6-4-7-10/h2,11H,1,3-10H2. The molecule has 0 aliphatic rings. The Morgan fingerprint density at radius 3 is 2.55 bits per heavy atom. The number of allylic oxidation sites excluding steroid dienone is 1. The Morgan fingerprint density at radius 2 is 1.91 bits per heavy atom. The zero-order chi connectivity index (χ0) is 8.36. The maximum absolute atomic E-state index is 5.35. The van der Waals surface area contributed by atoms with Crippen LogP contribution < -0.4 is 11.1 Å². The molecule has 0 bridgehead atoms. The summed E-state index contributed by atoms with van der Waals surface area (Å²) in [6.07, 6.45) is 6.61. The summed E-state index contributed by atoms with van der Waals surface area (Å²) in [6, 6.07) is 0. The van der Waals surface area contributed by atoms with Gasteiger partial charge in [0, 0.05) is 0 Å². The molecule has 11 heavy (non-hydrogen) atoms. The molecule has 0 aromatic heterocycles. The van der Waals surface area contributed by atoms with Crippen molar-refractivity contribution >= 4 is 0 Å². The number of hydrogen-bond donors (Lipinski definition) is 2. The molecular weight excluding hydrogens is 136 g/mol. The fourth-order valence-electron chi connectivity index (χ4n) is 0.891. The third-order valence-electron chi connectivity index (χ3n) is 1.57. The largest absolute Gasteiger partial charge is 0.330 e. The molecule has 0 amide bonds. The minimum Gasteiger partial charge on any atom is -0.330 e. The second-order valence-corrected chi connectivity index (χ2v) is 2.68. The summed E-state index contributed by atoms with van der Waals surface area (Å²) < 4.78 is 0. The highest BCUT2D eigenvalue weighted by molar-refractivity contribution is 4.66. The van der Waals surface area contributed by atoms with Crippen LogP contribution in [-0.4, -0.2) is 19.6 Å². The van der Waals surface area contributed by atoms with Crippen molar-refractivity contribution in [2.75, 3.05) is 19.6 Å². The van der Waals surface area contributed by atoms with Crippen LogP contribution in [0.4, 0.5) is 0 Å². The van der Waals surface area contributed by atoms with Gasteiger partial charge in [-0.15, -0.1) is 6.58 Å². The van der Waals surface area contributed by atoms with Gasteiger partial charge in [0.1, 0.15) is 0 Å². The molecule has 0 radical (unpaired) electrons. The lowest BCUT2D eigenvalue weighted by Crippen LogP contribution is -2.17. The van der Waals surface area contributed by atoms with E-state index in [1.807, 2.05) is 6.08 Å². The van der Waals surface area contributed by atoms with E-state index in [1.165, 1.54) is 12.8 Å². The molecule has 0 aromatic carbocycles. The maximum atomic E-state index is 5.35. The van der Waals surface area contributed by atoms with E-state index >= 15 is 0 Å². The Bertz CT molecular complexity index is 81.6. The first kappa shape index (κ1) is 10.7. The predicted octanol–water partition coefficient (Wildman–Crippen LogP) is 1.28. The SMILES string of the molecule is C=CCCCNCCCCN. The molecule has 0 unspecified atom stereocenters. The zero-order valence-electron chi connectivity index (χ0n) is 7.31. The average Bonchev–Trinajstić information content (AvgIpc) is 2.03. The lowest BCUT2D eigenvalue weighted by atomic mass is 10.3. The Kier molecular flexibility index (Phi) is 9.36. The molecule has 0 atom stereocenters. The summed E-state index contributed by atoms with van der Waals surface area (Å²) in [4.78, 5) is 0. The number of unbranched alkanes of at least 4 members (excludes halogenated alkanes) is 2. The van der Waals surface area contributed by atoms with Crippen LogP contribution in [0, 0.1) is 0 Å². The molecule has 0 aromatic rings. The summed E-state index contributed by atoms with van der Waals surface area (Å²) in [5.41, 5.74) is 5.35. The highest BCUT2D eigenvalue weighted by Gasteiger charge is 1.86. The third kappa shape index (κ3) is 9.66. The van der Waals surface area contributed by atoms with Crippen LogP contribution in [0.15, 0.2) is 12.7 Å². The number of hydrogen-bond acceptors (Lipinski definition) is 2. The number of nitrogens with two attached hydrogens (primary N) is 1. The molecule has 3 N–H and O–H groups in total. The van der Waals surface area contributed by atoms with Gasteiger partial charge in [0.2, 0.25) is 0 Å². The quantitative estimate of drug-likeness (QED) is 0.410. The van der Waals surface area contributed by atoms with Crippen molar-refractivity contribution in [1.82, 2.24) is 5.32 Å². The summed E-state index contributed by atoms with van der Waals surface area (Å²) in [6.45, 7) is 6.69. The summed E-state index contributed by atoms with van der Waals surface area (Å²) in [7, 11) is 0. The van der Waals surface area contributed by atoms with Gasteiger partial charge in [-0.2, -0.15) is 0 Å². The molecule has 0 aliphatic carbocycles. The van der Waals surface area contributed by atoms with Gasteiger partial charge >= 0.3 is 0 Å². The fourth-order valence-corrected chi connectivity index (χ4v) is 0.891. The summed E-state index contributed by atoms with van der Waals surface area (Å²) in [5, 5.41) is 3.35. The average molecular weight is 156 g/mol. The Morgan fingerprint density at radius 1 is 1.18 bits per heavy atom. The lowest BCUT2D eigenvalue weighted by Gasteiger charge is -2.01. The minimum atomic E-state index is 0.814. The fraction of sp³-hybridized carbons (Fsp3) is 0.778. The van der Waals surface area contributed by atoms with Crippen LogP contribution in [0.5, 0.6) is 0 Å². The van der Waals surface area contributed by atoms with E-state index in [4.69, 9.17) is 5.73 Å². The molecule has 0 fully saturated rings. The van der Waals surface area contributed by atoms with E-state index in [-0.39, 0.29) is 0 Å². The molecule has 0 heterocycles. The van der Waals surface area contributed by atoms with Crippen molar-refractivity contribution < 1.29 is 0 Å². The zero-order valence-corrected chi connectivity index (χ0v) is 7.31. The molecule has 2 nitrogen and oxygen atoms in total. The Labute approximate surface area is 69.9 Å². The van der Waals surface area contributed by atoms with E-state index in [0.29, 0.717) is 0 Å². The topological polar surface area (TPSA) is 38.0 Å². The van der Waals surface area contributed by atoms with Crippen molar-refractivity contribution in [3.8, 4) is 0 Å². The van der Waals surface area contributed by atoms with Gasteiger partial charge in [0.15, 0.2) is 0 Å². The minimum absolute atomic E-state index is 0.814. The normalized spacial score (nSPS) is 9.91. The molecule has 0 saturated carbocycles. The second kappa shape index (κ2) is 9.66. The van der Waals surface area contributed by atoms with Crippen LogP contribution in [0.2, 0.25) is 0 Å². The van der Waals surface area contributed by atoms with Gasteiger partial charge in [0.05, 0.1) is 0 Å². The summed E-state index contributed by atoms with van der Waals surface area (Å²) >= 11 is 0. The molecule has 0 spiro atoms. The molecule has 0 saturated heterocycles. The van der Waals surface area contributed by atoms with Gasteiger partial charge in [-0.05, 0) is 45.3 Å². The van der Waals surface area contributed by atoms with Crippen molar-refractivity contribution in [2.24, 2.45) is 5.73 Å². The first-order chi connectivity index (χ1) is 5.41. The van der Waals surface area contributed by atoms with Gasteiger partial charge < -0.3 is 11.1 Å². The predicted molar refractivity (Wildman–Crippen MR) is 50.6 cm³/mol. The Hall–Kier alpha value is -0.340. The van der Waals surface area contributed by atoms with E-state index in [2.05, 4.69) is 11.9 Å². The Balaban J connectivity index is 2.74. The van der Waals surface area contributed by atoms with Crippen molar-refractivity contribution in [2.45, 2.75) is 25.7 Å². The summed E-state index contributed by atoms with van der Waals surface area (Å²) in [5.74, 6) is 0. The molecule has 0 aliphatic heterocycles. The van der Waals surface area contributed by atoms with Crippen molar-refractivity contribution in [1.29, 1.82) is 0 Å². The van der Waals surface area contributed by atoms with Gasteiger partial charge in [-0.1, -0.05) is 6.08 Å². The third-order valence-corrected chi connectivity index (χ3v) is 1.57. The van der Waals surface area contributed by atoms with Crippen LogP contribution in [0.1, 0.15) is 25.7 Å². The second-order valence-electron chi connectivity index (χ2n) is 2.68. The van der Waals surface area contributed by atoms with Crippen molar-refractivity contribution in [3.05, 3.63) is 12.7 Å². The lowest BCUT2D eigenvalue weighted by molar-refractivity contribution is 0.610. The number of nitrogens with one attached hydrogen (secondary N) is 1. The van der Waals surface area contributed by atoms with Gasteiger partial charge in [-0.25, -0.2) is 0 Å². The smallest absolute Gasteiger partial charge is 0.00460 e. The molecular formula is C9H20N2. The maximum Gasteiger partial charge on any atom is -0.00460 e. The first-order valence-corrected chi connectivity index (χ1v) is 4.43. The van der Waals surface area contributed by atoms with Crippen LogP contribution in [-0.2, 0) is 0 Å². The highest BCUT2D eigenvalue weighted by atomic mass is 14.8. The monoisotopic (exact) mass is 156 g/mol. The van der Waals surface area contributed by atoms with Crippen LogP contribution >= 0.6 is 0 Å². The molecule has 66 valence electrons. The van der Waals surface area contributed by atoms with Crippen LogP contribution in [0.3, 0.4) is 0 Å². The van der Waals surface area contributed by atoms with E-state index < -0.39 is 0 Å². The highest BCUT2D eigenvalue weighted by Crippen LogP contribution is 1.87. The van der Waals surface area contributed by atoms with E-state index in [9.17, 15) is 0 Å². The molecule has 0 rings (SSSR count). The van der Waals surface area contributed by atoms with E-state index in [1.54, 1.807) is 0 Å².